The van der Waals surface area contributed by atoms with Crippen molar-refractivity contribution in [1.29, 1.82) is 0 Å². The molecule has 0 fully saturated rings. The van der Waals surface area contributed by atoms with Crippen molar-refractivity contribution in [3.63, 3.8) is 0 Å². The summed E-state index contributed by atoms with van der Waals surface area (Å²) in [6, 6.07) is 0. The normalized spacial score (nSPS) is 3.25. The van der Waals surface area contributed by atoms with Gasteiger partial charge in [0.05, 0.1) is 0 Å². The van der Waals surface area contributed by atoms with Crippen LogP contribution in [0.5, 0.6) is 0 Å². The van der Waals surface area contributed by atoms with Gasteiger partial charge in [0.2, 0.25) is 0 Å². The van der Waals surface area contributed by atoms with Crippen molar-refractivity contribution in [2.45, 2.75) is 6.92 Å². The van der Waals surface area contributed by atoms with Crippen molar-refractivity contribution in [3.05, 3.63) is 0 Å². The van der Waals surface area contributed by atoms with Crippen molar-refractivity contribution in [3.8, 4) is 0 Å². The molecule has 1 nitrogen and oxygen atoms in total. The van der Waals surface area contributed by atoms with Gasteiger partial charge in [-0.1, -0.05) is 0 Å². The van der Waals surface area contributed by atoms with Crippen LogP contribution >= 0.6 is 0 Å². The molecular weight excluding hydrogens is 85.0 g/mol. The van der Waals surface area contributed by atoms with Gasteiger partial charge in [-0.2, -0.15) is 0 Å². The van der Waals surface area contributed by atoms with Gasteiger partial charge in [-0.05, 0) is 6.92 Å². The maximum absolute atomic E-state index is 8.81. The minimum atomic E-state index is 0. The van der Waals surface area contributed by atoms with Crippen LogP contribution in [0.3, 0.4) is 0 Å². The van der Waals surface area contributed by atoms with Crippen LogP contribution < -0.4 is 0 Å². The molecule has 0 amide bonds. The fraction of sp³-hybridized carbons (Fsp3) is 0.500. The Hall–Kier alpha value is 0.540. The summed E-state index contributed by atoms with van der Waals surface area (Å²) in [6.07, 6.45) is 0.750. The minimum absolute atomic E-state index is 0. The molecule has 0 aromatic rings. The van der Waals surface area contributed by atoms with Gasteiger partial charge in [-0.25, -0.2) is 0 Å². The summed E-state index contributed by atoms with van der Waals surface area (Å²) in [5, 5.41) is 0. The van der Waals surface area contributed by atoms with Crippen LogP contribution in [0.2, 0.25) is 0 Å². The summed E-state index contributed by atoms with van der Waals surface area (Å²) in [7, 11) is 0. The molecule has 0 saturated heterocycles. The Kier molecular flexibility index (Phi) is 21.2. The van der Waals surface area contributed by atoms with Gasteiger partial charge in [-0.15, -0.1) is 0 Å². The molecule has 1 radical (unpaired) electrons. The maximum Gasteiger partial charge on any atom is 0.116 e. The third-order valence-electron chi connectivity index (χ3n) is 0. The molecule has 0 rings (SSSR count). The molecule has 2 heteroatoms. The number of rotatable bonds is 0. The molecule has 0 bridgehead atoms. The summed E-state index contributed by atoms with van der Waals surface area (Å²) >= 11 is 0. The Morgan fingerprint density at radius 1 is 1.75 bits per heavy atom. The molecule has 21 valence electrons. The average Bonchev–Trinajstić information content (AvgIpc) is 0.918. The molecule has 0 aromatic carbocycles. The molecular formula is C2H4OSc. The molecule has 0 aromatic heterocycles. The zero-order valence-electron chi connectivity index (χ0n) is 2.56. The smallest absolute Gasteiger partial charge is 0.116 e. The Morgan fingerprint density at radius 3 is 1.75 bits per heavy atom. The van der Waals surface area contributed by atoms with Gasteiger partial charge in [0.15, 0.2) is 0 Å². The molecule has 0 spiro atoms. The SMILES string of the molecule is CC=O.[Sc]. The number of carbonyl (C=O) groups excluding carboxylic acids is 1. The molecule has 0 atom stereocenters. The Balaban J connectivity index is 0. The van der Waals surface area contributed by atoms with Crippen LogP contribution in [0, 0.1) is 0 Å². The van der Waals surface area contributed by atoms with E-state index < -0.39 is 0 Å². The topological polar surface area (TPSA) is 17.1 Å². The van der Waals surface area contributed by atoms with Crippen molar-refractivity contribution in [2.24, 2.45) is 0 Å². The molecule has 0 N–H and O–H groups in total. The maximum atomic E-state index is 8.81. The van der Waals surface area contributed by atoms with Crippen LogP contribution in [0.1, 0.15) is 6.92 Å². The van der Waals surface area contributed by atoms with E-state index in [1.807, 2.05) is 0 Å². The second-order valence-corrected chi connectivity index (χ2v) is 0.236. The fourth-order valence-corrected chi connectivity index (χ4v) is 0. The van der Waals surface area contributed by atoms with Crippen LogP contribution in [0.25, 0.3) is 0 Å². The Labute approximate surface area is 44.2 Å². The first-order valence-electron chi connectivity index (χ1n) is 0.813. The largest absolute Gasteiger partial charge is 0.304 e. The van der Waals surface area contributed by atoms with Crippen LogP contribution in [0.15, 0.2) is 0 Å². The van der Waals surface area contributed by atoms with E-state index in [9.17, 15) is 0 Å². The first kappa shape index (κ1) is 8.82. The monoisotopic (exact) mass is 89.0 g/mol. The second-order valence-electron chi connectivity index (χ2n) is 0.236. The van der Waals surface area contributed by atoms with E-state index in [1.165, 1.54) is 6.92 Å². The van der Waals surface area contributed by atoms with Crippen molar-refractivity contribution in [2.75, 3.05) is 0 Å². The van der Waals surface area contributed by atoms with Gasteiger partial charge in [0, 0.05) is 25.8 Å². The summed E-state index contributed by atoms with van der Waals surface area (Å²) in [4.78, 5) is 8.81. The van der Waals surface area contributed by atoms with E-state index in [1.54, 1.807) is 0 Å². The third-order valence-corrected chi connectivity index (χ3v) is 0. The number of hydrogen-bond acceptors (Lipinski definition) is 1. The Bertz CT molecular complexity index is 13.5. The van der Waals surface area contributed by atoms with Crippen LogP contribution in [0.4, 0.5) is 0 Å². The molecule has 0 heterocycles. The zero-order valence-corrected chi connectivity index (χ0v) is 4.37. The first-order valence-corrected chi connectivity index (χ1v) is 0.813. The third kappa shape index (κ3) is 20.7. The quantitative estimate of drug-likeness (QED) is 0.387. The molecule has 0 saturated carbocycles. The number of carbonyl (C=O) groups is 1. The second kappa shape index (κ2) is 9.63. The van der Waals surface area contributed by atoms with E-state index in [2.05, 4.69) is 0 Å². The van der Waals surface area contributed by atoms with E-state index in [0.717, 1.165) is 6.29 Å². The molecule has 0 aliphatic rings. The van der Waals surface area contributed by atoms with E-state index in [0.29, 0.717) is 0 Å². The standard InChI is InChI=1S/C2H4O.Sc/c1-2-3;/h2H,1H3;. The zero-order chi connectivity index (χ0) is 2.71. The molecule has 4 heavy (non-hydrogen) atoms. The predicted octanol–water partition coefficient (Wildman–Crippen LogP) is 0.203. The predicted molar refractivity (Wildman–Crippen MR) is 11.7 cm³/mol. The first-order chi connectivity index (χ1) is 1.41. The number of aldehydes is 1. The minimum Gasteiger partial charge on any atom is -0.304 e. The van der Waals surface area contributed by atoms with E-state index in [-0.39, 0.29) is 25.8 Å². The van der Waals surface area contributed by atoms with Crippen molar-refractivity contribution < 1.29 is 30.6 Å². The molecule has 0 aliphatic carbocycles. The Morgan fingerprint density at radius 2 is 1.75 bits per heavy atom. The van der Waals surface area contributed by atoms with Crippen molar-refractivity contribution >= 4 is 6.29 Å². The molecule has 0 unspecified atom stereocenters. The average molecular weight is 89.0 g/mol. The summed E-state index contributed by atoms with van der Waals surface area (Å²) in [5.74, 6) is 0. The summed E-state index contributed by atoms with van der Waals surface area (Å²) < 4.78 is 0. The van der Waals surface area contributed by atoms with Gasteiger partial charge >= 0.3 is 0 Å². The van der Waals surface area contributed by atoms with Crippen LogP contribution in [-0.2, 0) is 30.6 Å². The van der Waals surface area contributed by atoms with Crippen LogP contribution in [-0.4, -0.2) is 6.29 Å². The fourth-order valence-electron chi connectivity index (χ4n) is 0. The van der Waals surface area contributed by atoms with Gasteiger partial charge < -0.3 is 4.79 Å². The summed E-state index contributed by atoms with van der Waals surface area (Å²) in [5.41, 5.74) is 0. The van der Waals surface area contributed by atoms with Gasteiger partial charge in [0.25, 0.3) is 0 Å². The summed E-state index contributed by atoms with van der Waals surface area (Å²) in [6.45, 7) is 1.44. The van der Waals surface area contributed by atoms with Gasteiger partial charge in [0.1, 0.15) is 6.29 Å². The van der Waals surface area contributed by atoms with E-state index >= 15 is 0 Å². The number of hydrogen-bond donors (Lipinski definition) is 0. The molecule has 0 aliphatic heterocycles. The van der Waals surface area contributed by atoms with E-state index in [4.69, 9.17) is 4.79 Å². The van der Waals surface area contributed by atoms with Crippen molar-refractivity contribution in [1.82, 2.24) is 0 Å². The van der Waals surface area contributed by atoms with Gasteiger partial charge in [-0.3, -0.25) is 0 Å².